The largest absolute Gasteiger partial charge is 0.353 e. The average molecular weight is 473 g/mol. The number of hydrogen-bond acceptors (Lipinski definition) is 9. The van der Waals surface area contributed by atoms with Gasteiger partial charge in [-0.1, -0.05) is 35.1 Å². The molecule has 2 heterocycles. The van der Waals surface area contributed by atoms with Crippen molar-refractivity contribution >= 4 is 51.6 Å². The van der Waals surface area contributed by atoms with Gasteiger partial charge in [0.1, 0.15) is 10.7 Å². The van der Waals surface area contributed by atoms with Crippen molar-refractivity contribution in [2.45, 2.75) is 25.7 Å². The summed E-state index contributed by atoms with van der Waals surface area (Å²) in [5, 5.41) is 10.2. The number of likely N-dealkylation sites (N-methyl/N-ethyl adjacent to an activating group) is 1. The first-order valence-electron chi connectivity index (χ1n) is 10.3. The Hall–Kier alpha value is -2.82. The fourth-order valence-electron chi connectivity index (χ4n) is 2.94. The number of rotatable bonds is 9. The maximum atomic E-state index is 12.7. The lowest BCUT2D eigenvalue weighted by Gasteiger charge is -2.11. The number of benzene rings is 1. The van der Waals surface area contributed by atoms with Gasteiger partial charge in [0.25, 0.3) is 5.91 Å². The summed E-state index contributed by atoms with van der Waals surface area (Å²) in [5.74, 6) is 1.84. The highest BCUT2D eigenvalue weighted by atomic mass is 35.5. The van der Waals surface area contributed by atoms with Crippen LogP contribution < -0.4 is 16.0 Å². The molecular formula is C21H25ClN8OS. The molecule has 9 nitrogen and oxygen atoms in total. The third kappa shape index (κ3) is 5.70. The van der Waals surface area contributed by atoms with Gasteiger partial charge in [-0.2, -0.15) is 15.0 Å². The van der Waals surface area contributed by atoms with Crippen molar-refractivity contribution in [3.05, 3.63) is 45.7 Å². The van der Waals surface area contributed by atoms with Gasteiger partial charge in [0.05, 0.1) is 16.9 Å². The summed E-state index contributed by atoms with van der Waals surface area (Å²) < 4.78 is 0. The molecule has 32 heavy (non-hydrogen) atoms. The molecule has 2 aromatic heterocycles. The quantitative estimate of drug-likeness (QED) is 0.426. The van der Waals surface area contributed by atoms with Crippen LogP contribution in [0.15, 0.2) is 24.4 Å². The van der Waals surface area contributed by atoms with Crippen molar-refractivity contribution in [3.8, 4) is 0 Å². The first kappa shape index (κ1) is 22.4. The van der Waals surface area contributed by atoms with Crippen molar-refractivity contribution in [1.82, 2.24) is 24.8 Å². The summed E-state index contributed by atoms with van der Waals surface area (Å²) in [6, 6.07) is 5.48. The van der Waals surface area contributed by atoms with Crippen LogP contribution in [0.2, 0.25) is 5.02 Å². The number of carbonyl (C=O) groups is 1. The van der Waals surface area contributed by atoms with Crippen LogP contribution in [0, 0.1) is 6.92 Å². The number of amides is 1. The SMILES string of the molecule is Cc1cccc(Cl)c1NC(=O)c1cnc(Nc2nc(NCCN(C)C)nc(C3CC3)n2)s1. The van der Waals surface area contributed by atoms with E-state index in [1.165, 1.54) is 17.5 Å². The van der Waals surface area contributed by atoms with Gasteiger partial charge in [0, 0.05) is 19.0 Å². The molecule has 1 amide bonds. The molecule has 0 aliphatic heterocycles. The lowest BCUT2D eigenvalue weighted by atomic mass is 10.2. The van der Waals surface area contributed by atoms with Crippen LogP contribution in [0.25, 0.3) is 0 Å². The Morgan fingerprint density at radius 2 is 2.00 bits per heavy atom. The number of thiazole rings is 1. The summed E-state index contributed by atoms with van der Waals surface area (Å²) in [6.45, 7) is 3.48. The number of nitrogens with zero attached hydrogens (tertiary/aromatic N) is 5. The van der Waals surface area contributed by atoms with E-state index in [2.05, 4.69) is 40.8 Å². The predicted molar refractivity (Wildman–Crippen MR) is 128 cm³/mol. The van der Waals surface area contributed by atoms with E-state index in [1.54, 1.807) is 6.07 Å². The monoisotopic (exact) mass is 472 g/mol. The fraction of sp³-hybridized carbons (Fsp3) is 0.381. The van der Waals surface area contributed by atoms with Crippen molar-refractivity contribution < 1.29 is 4.79 Å². The number of para-hydroxylation sites is 1. The van der Waals surface area contributed by atoms with Gasteiger partial charge in [0.15, 0.2) is 5.13 Å². The van der Waals surface area contributed by atoms with Crippen molar-refractivity contribution in [3.63, 3.8) is 0 Å². The Morgan fingerprint density at radius 1 is 1.22 bits per heavy atom. The minimum absolute atomic E-state index is 0.271. The molecule has 1 aliphatic rings. The lowest BCUT2D eigenvalue weighted by molar-refractivity contribution is 0.103. The van der Waals surface area contributed by atoms with E-state index >= 15 is 0 Å². The van der Waals surface area contributed by atoms with Gasteiger partial charge in [-0.15, -0.1) is 0 Å². The zero-order chi connectivity index (χ0) is 22.7. The number of aromatic nitrogens is 4. The molecule has 3 aromatic rings. The number of nitrogens with one attached hydrogen (secondary N) is 3. The van der Waals surface area contributed by atoms with Crippen molar-refractivity contribution in [1.29, 1.82) is 0 Å². The van der Waals surface area contributed by atoms with Gasteiger partial charge in [-0.3, -0.25) is 10.1 Å². The molecule has 11 heteroatoms. The molecule has 0 atom stereocenters. The van der Waals surface area contributed by atoms with E-state index in [0.717, 1.165) is 37.3 Å². The molecule has 3 N–H and O–H groups in total. The van der Waals surface area contributed by atoms with Crippen molar-refractivity contribution in [2.75, 3.05) is 43.1 Å². The number of aryl methyl sites for hydroxylation is 1. The van der Waals surface area contributed by atoms with Crippen LogP contribution in [0.4, 0.5) is 22.7 Å². The topological polar surface area (TPSA) is 108 Å². The first-order valence-corrected chi connectivity index (χ1v) is 11.5. The summed E-state index contributed by atoms with van der Waals surface area (Å²) in [5.41, 5.74) is 1.49. The number of anilines is 4. The molecule has 0 spiro atoms. The van der Waals surface area contributed by atoms with Crippen LogP contribution in [0.3, 0.4) is 0 Å². The van der Waals surface area contributed by atoms with Crippen LogP contribution in [-0.2, 0) is 0 Å². The van der Waals surface area contributed by atoms with Gasteiger partial charge in [-0.25, -0.2) is 4.98 Å². The van der Waals surface area contributed by atoms with Gasteiger partial charge >= 0.3 is 0 Å². The number of hydrogen-bond donors (Lipinski definition) is 3. The van der Waals surface area contributed by atoms with Gasteiger partial charge < -0.3 is 15.5 Å². The normalized spacial score (nSPS) is 13.3. The molecule has 0 bridgehead atoms. The minimum Gasteiger partial charge on any atom is -0.353 e. The molecule has 1 aromatic carbocycles. The zero-order valence-corrected chi connectivity index (χ0v) is 19.7. The standard InChI is InChI=1S/C21H25ClN8OS/c1-12-5-4-6-14(22)16(12)25-18(31)15-11-24-21(32-15)29-20-27-17(13-7-8-13)26-19(28-20)23-9-10-30(2)3/h4-6,11,13H,7-10H2,1-3H3,(H,25,31)(H2,23,24,26,27,28,29). The molecular weight excluding hydrogens is 448 g/mol. The van der Waals surface area contributed by atoms with E-state index in [0.29, 0.717) is 38.5 Å². The molecule has 0 saturated heterocycles. The van der Waals surface area contributed by atoms with E-state index in [9.17, 15) is 4.79 Å². The molecule has 1 aliphatic carbocycles. The highest BCUT2D eigenvalue weighted by molar-refractivity contribution is 7.17. The Balaban J connectivity index is 1.46. The second kappa shape index (κ2) is 9.76. The summed E-state index contributed by atoms with van der Waals surface area (Å²) in [4.78, 5) is 33.1. The van der Waals surface area contributed by atoms with Crippen molar-refractivity contribution in [2.24, 2.45) is 0 Å². The number of halogens is 1. The van der Waals surface area contributed by atoms with Gasteiger partial charge in [-0.05, 0) is 45.5 Å². The molecule has 1 saturated carbocycles. The summed E-state index contributed by atoms with van der Waals surface area (Å²) in [7, 11) is 4.03. The van der Waals surface area contributed by atoms with E-state index in [-0.39, 0.29) is 5.91 Å². The maximum Gasteiger partial charge on any atom is 0.267 e. The van der Waals surface area contributed by atoms with Crippen LogP contribution in [-0.4, -0.2) is 57.9 Å². The Kier molecular flexibility index (Phi) is 6.83. The third-order valence-corrected chi connectivity index (χ3v) is 6.07. The summed E-state index contributed by atoms with van der Waals surface area (Å²) in [6.07, 6.45) is 3.70. The fourth-order valence-corrected chi connectivity index (χ4v) is 3.91. The second-order valence-corrected chi connectivity index (χ2v) is 9.32. The van der Waals surface area contributed by atoms with Crippen LogP contribution in [0.1, 0.15) is 39.8 Å². The smallest absolute Gasteiger partial charge is 0.267 e. The number of carbonyl (C=O) groups excluding carboxylic acids is 1. The molecule has 0 radical (unpaired) electrons. The maximum absolute atomic E-state index is 12.7. The molecule has 168 valence electrons. The Bertz CT molecular complexity index is 1090. The predicted octanol–water partition coefficient (Wildman–Crippen LogP) is 4.14. The molecule has 0 unspecified atom stereocenters. The Labute approximate surface area is 195 Å². The van der Waals surface area contributed by atoms with E-state index < -0.39 is 0 Å². The van der Waals surface area contributed by atoms with E-state index in [1.807, 2.05) is 33.2 Å². The molecule has 1 fully saturated rings. The molecule has 4 rings (SSSR count). The Morgan fingerprint density at radius 3 is 2.72 bits per heavy atom. The van der Waals surface area contributed by atoms with Crippen LogP contribution in [0.5, 0.6) is 0 Å². The third-order valence-electron chi connectivity index (χ3n) is 4.85. The van der Waals surface area contributed by atoms with Crippen LogP contribution >= 0.6 is 22.9 Å². The zero-order valence-electron chi connectivity index (χ0n) is 18.1. The lowest BCUT2D eigenvalue weighted by Crippen LogP contribution is -2.22. The summed E-state index contributed by atoms with van der Waals surface area (Å²) >= 11 is 7.44. The van der Waals surface area contributed by atoms with E-state index in [4.69, 9.17) is 11.6 Å². The second-order valence-electron chi connectivity index (χ2n) is 7.89. The highest BCUT2D eigenvalue weighted by Gasteiger charge is 2.28. The highest BCUT2D eigenvalue weighted by Crippen LogP contribution is 2.38. The first-order chi connectivity index (χ1) is 15.4. The average Bonchev–Trinajstić information content (AvgIpc) is 3.49. The minimum atomic E-state index is -0.271. The van der Waals surface area contributed by atoms with Gasteiger partial charge in [0.2, 0.25) is 11.9 Å².